The maximum Gasteiger partial charge on any atom is 0.256 e. The van der Waals surface area contributed by atoms with Crippen LogP contribution in [0.2, 0.25) is 0 Å². The fourth-order valence-electron chi connectivity index (χ4n) is 1.74. The van der Waals surface area contributed by atoms with Crippen molar-refractivity contribution >= 4 is 10.8 Å². The quantitative estimate of drug-likeness (QED) is 0.772. The molecule has 0 fully saturated rings. The minimum Gasteiger partial charge on any atom is -0.330 e. The van der Waals surface area contributed by atoms with E-state index in [0.717, 1.165) is 22.0 Å². The number of rotatable bonds is 2. The molecule has 0 bridgehead atoms. The van der Waals surface area contributed by atoms with E-state index in [-0.39, 0.29) is 5.56 Å². The summed E-state index contributed by atoms with van der Waals surface area (Å²) in [4.78, 5) is 14.5. The maximum atomic E-state index is 11.7. The van der Waals surface area contributed by atoms with Gasteiger partial charge in [0.15, 0.2) is 0 Å². The Morgan fingerprint density at radius 2 is 2.13 bits per heavy atom. The van der Waals surface area contributed by atoms with Crippen LogP contribution >= 0.6 is 0 Å². The van der Waals surface area contributed by atoms with Gasteiger partial charge in [-0.15, -0.1) is 0 Å². The molecule has 0 unspecified atom stereocenters. The van der Waals surface area contributed by atoms with E-state index in [9.17, 15) is 4.79 Å². The number of aryl methyl sites for hydroxylation is 1. The van der Waals surface area contributed by atoms with Crippen molar-refractivity contribution in [3.8, 4) is 0 Å². The summed E-state index contributed by atoms with van der Waals surface area (Å²) in [6.07, 6.45) is 0.707. The van der Waals surface area contributed by atoms with Gasteiger partial charge in [0.25, 0.3) is 5.56 Å². The van der Waals surface area contributed by atoms with Crippen LogP contribution in [0.4, 0.5) is 0 Å². The molecule has 1 aromatic carbocycles. The first kappa shape index (κ1) is 9.93. The molecule has 0 radical (unpaired) electrons. The molecular weight excluding hydrogens is 188 g/mol. The Bertz CT molecular complexity index is 543. The van der Waals surface area contributed by atoms with E-state index in [1.807, 2.05) is 31.2 Å². The van der Waals surface area contributed by atoms with Crippen LogP contribution in [-0.4, -0.2) is 11.5 Å². The lowest BCUT2D eigenvalue weighted by Gasteiger charge is -2.03. The number of H-pyrrole nitrogens is 1. The highest BCUT2D eigenvalue weighted by Gasteiger charge is 2.01. The van der Waals surface area contributed by atoms with Gasteiger partial charge in [0.05, 0.1) is 0 Å². The van der Waals surface area contributed by atoms with Crippen molar-refractivity contribution < 1.29 is 0 Å². The normalized spacial score (nSPS) is 10.8. The second-order valence-electron chi connectivity index (χ2n) is 3.75. The third-order valence-electron chi connectivity index (χ3n) is 2.47. The van der Waals surface area contributed by atoms with Crippen LogP contribution in [0.5, 0.6) is 0 Å². The summed E-state index contributed by atoms with van der Waals surface area (Å²) in [7, 11) is 0. The number of aromatic nitrogens is 1. The smallest absolute Gasteiger partial charge is 0.256 e. The van der Waals surface area contributed by atoms with E-state index in [1.165, 1.54) is 0 Å². The number of benzene rings is 1. The summed E-state index contributed by atoms with van der Waals surface area (Å²) in [5.41, 5.74) is 7.49. The molecule has 0 aliphatic carbocycles. The van der Waals surface area contributed by atoms with Crippen LogP contribution < -0.4 is 11.3 Å². The standard InChI is InChI=1S/C12H14N2O/c1-8-2-3-11-9(6-8)7-10(4-5-13)14-12(11)15/h2-3,6-7H,4-5,13H2,1H3,(H,14,15). The molecule has 0 atom stereocenters. The largest absolute Gasteiger partial charge is 0.330 e. The topological polar surface area (TPSA) is 58.9 Å². The Morgan fingerprint density at radius 3 is 2.87 bits per heavy atom. The van der Waals surface area contributed by atoms with Crippen LogP contribution in [0, 0.1) is 6.92 Å². The van der Waals surface area contributed by atoms with Gasteiger partial charge in [0.1, 0.15) is 0 Å². The average molecular weight is 202 g/mol. The Morgan fingerprint density at radius 1 is 1.33 bits per heavy atom. The number of pyridine rings is 1. The molecule has 2 aromatic rings. The summed E-state index contributed by atoms with van der Waals surface area (Å²) in [6, 6.07) is 7.82. The highest BCUT2D eigenvalue weighted by molar-refractivity contribution is 5.82. The van der Waals surface area contributed by atoms with E-state index >= 15 is 0 Å². The van der Waals surface area contributed by atoms with Gasteiger partial charge in [0.2, 0.25) is 0 Å². The molecule has 1 heterocycles. The first-order chi connectivity index (χ1) is 7.20. The summed E-state index contributed by atoms with van der Waals surface area (Å²) in [5.74, 6) is 0. The number of nitrogens with two attached hydrogens (primary N) is 1. The lowest BCUT2D eigenvalue weighted by Crippen LogP contribution is -2.12. The van der Waals surface area contributed by atoms with Crippen LogP contribution in [-0.2, 0) is 6.42 Å². The second kappa shape index (κ2) is 3.87. The molecule has 3 heteroatoms. The fourth-order valence-corrected chi connectivity index (χ4v) is 1.74. The average Bonchev–Trinajstić information content (AvgIpc) is 2.17. The molecule has 78 valence electrons. The lowest BCUT2D eigenvalue weighted by atomic mass is 10.1. The Hall–Kier alpha value is -1.61. The molecule has 0 amide bonds. The van der Waals surface area contributed by atoms with Crippen molar-refractivity contribution in [3.05, 3.63) is 45.9 Å². The van der Waals surface area contributed by atoms with Gasteiger partial charge in [-0.2, -0.15) is 0 Å². The van der Waals surface area contributed by atoms with Crippen LogP contribution in [0.15, 0.2) is 29.1 Å². The summed E-state index contributed by atoms with van der Waals surface area (Å²) in [6.45, 7) is 2.57. The van der Waals surface area contributed by atoms with Gasteiger partial charge in [0, 0.05) is 11.1 Å². The Labute approximate surface area is 87.9 Å². The predicted molar refractivity (Wildman–Crippen MR) is 62.1 cm³/mol. The number of fused-ring (bicyclic) bond motifs is 1. The molecular formula is C12H14N2O. The molecule has 3 nitrogen and oxygen atoms in total. The van der Waals surface area contributed by atoms with Gasteiger partial charge >= 0.3 is 0 Å². The SMILES string of the molecule is Cc1ccc2c(=O)[nH]c(CCN)cc2c1. The van der Waals surface area contributed by atoms with Crippen molar-refractivity contribution in [3.63, 3.8) is 0 Å². The maximum absolute atomic E-state index is 11.7. The first-order valence-corrected chi connectivity index (χ1v) is 5.03. The Kier molecular flexibility index (Phi) is 2.56. The van der Waals surface area contributed by atoms with Gasteiger partial charge in [-0.05, 0) is 37.4 Å². The Balaban J connectivity index is 2.68. The van der Waals surface area contributed by atoms with Crippen molar-refractivity contribution in [2.45, 2.75) is 13.3 Å². The minimum absolute atomic E-state index is 0.0315. The molecule has 0 saturated carbocycles. The number of nitrogens with one attached hydrogen (secondary N) is 1. The van der Waals surface area contributed by atoms with Crippen molar-refractivity contribution in [1.29, 1.82) is 0 Å². The van der Waals surface area contributed by atoms with Crippen LogP contribution in [0.25, 0.3) is 10.8 Å². The zero-order valence-electron chi connectivity index (χ0n) is 8.71. The molecule has 0 aliphatic heterocycles. The molecule has 0 spiro atoms. The third-order valence-corrected chi connectivity index (χ3v) is 2.47. The molecule has 0 aliphatic rings. The van der Waals surface area contributed by atoms with Crippen molar-refractivity contribution in [2.24, 2.45) is 5.73 Å². The number of hydrogen-bond donors (Lipinski definition) is 2. The van der Waals surface area contributed by atoms with E-state index in [1.54, 1.807) is 0 Å². The molecule has 0 saturated heterocycles. The summed E-state index contributed by atoms with van der Waals surface area (Å²) in [5, 5.41) is 1.73. The molecule has 3 N–H and O–H groups in total. The molecule has 2 rings (SSSR count). The lowest BCUT2D eigenvalue weighted by molar-refractivity contribution is 0.919. The second-order valence-corrected chi connectivity index (χ2v) is 3.75. The monoisotopic (exact) mass is 202 g/mol. The van der Waals surface area contributed by atoms with Crippen LogP contribution in [0.3, 0.4) is 0 Å². The van der Waals surface area contributed by atoms with E-state index < -0.39 is 0 Å². The van der Waals surface area contributed by atoms with Crippen molar-refractivity contribution in [2.75, 3.05) is 6.54 Å². The zero-order valence-corrected chi connectivity index (χ0v) is 8.71. The van der Waals surface area contributed by atoms with Gasteiger partial charge in [-0.3, -0.25) is 4.79 Å². The van der Waals surface area contributed by atoms with E-state index in [4.69, 9.17) is 5.73 Å². The van der Waals surface area contributed by atoms with Gasteiger partial charge in [-0.1, -0.05) is 17.7 Å². The molecule has 1 aromatic heterocycles. The predicted octanol–water partition coefficient (Wildman–Crippen LogP) is 1.34. The number of aromatic amines is 1. The van der Waals surface area contributed by atoms with E-state index in [0.29, 0.717) is 13.0 Å². The summed E-state index contributed by atoms with van der Waals surface area (Å²) >= 11 is 0. The van der Waals surface area contributed by atoms with E-state index in [2.05, 4.69) is 4.98 Å². The molecule has 15 heavy (non-hydrogen) atoms. The van der Waals surface area contributed by atoms with Gasteiger partial charge in [-0.25, -0.2) is 0 Å². The third kappa shape index (κ3) is 1.92. The highest BCUT2D eigenvalue weighted by atomic mass is 16.1. The van der Waals surface area contributed by atoms with Gasteiger partial charge < -0.3 is 10.7 Å². The van der Waals surface area contributed by atoms with Crippen molar-refractivity contribution in [1.82, 2.24) is 4.98 Å². The fraction of sp³-hybridized carbons (Fsp3) is 0.250. The minimum atomic E-state index is -0.0315. The summed E-state index contributed by atoms with van der Waals surface area (Å²) < 4.78 is 0. The first-order valence-electron chi connectivity index (χ1n) is 5.03. The van der Waals surface area contributed by atoms with Crippen LogP contribution in [0.1, 0.15) is 11.3 Å². The number of hydrogen-bond acceptors (Lipinski definition) is 2. The highest BCUT2D eigenvalue weighted by Crippen LogP contribution is 2.12. The zero-order chi connectivity index (χ0) is 10.8.